The zero-order valence-electron chi connectivity index (χ0n) is 20.6. The van der Waals surface area contributed by atoms with Gasteiger partial charge in [0.2, 0.25) is 17.6 Å². The topological polar surface area (TPSA) is 106 Å². The van der Waals surface area contributed by atoms with Gasteiger partial charge >= 0.3 is 0 Å². The Hall–Kier alpha value is -4.05. The number of halogens is 2. The minimum Gasteiger partial charge on any atom is -0.467 e. The van der Waals surface area contributed by atoms with E-state index in [2.05, 4.69) is 20.7 Å². The molecule has 0 aliphatic heterocycles. The van der Waals surface area contributed by atoms with Crippen LogP contribution in [0.4, 0.5) is 4.39 Å². The van der Waals surface area contributed by atoms with Crippen LogP contribution in [0.5, 0.6) is 0 Å². The lowest BCUT2D eigenvalue weighted by atomic mass is 10.0. The van der Waals surface area contributed by atoms with Crippen LogP contribution in [0.15, 0.2) is 71.3 Å². The van der Waals surface area contributed by atoms with E-state index >= 15 is 0 Å². The van der Waals surface area contributed by atoms with Crippen molar-refractivity contribution >= 4 is 23.4 Å². The van der Waals surface area contributed by atoms with Gasteiger partial charge in [0.1, 0.15) is 24.2 Å². The highest BCUT2D eigenvalue weighted by atomic mass is 35.5. The second kappa shape index (κ2) is 10.9. The second-order valence-electron chi connectivity index (χ2n) is 9.44. The molecule has 1 atom stereocenters. The van der Waals surface area contributed by atoms with Crippen LogP contribution in [0.2, 0.25) is 5.02 Å². The zero-order valence-corrected chi connectivity index (χ0v) is 21.3. The summed E-state index contributed by atoms with van der Waals surface area (Å²) in [5, 5.41) is 15.8. The largest absolute Gasteiger partial charge is 0.467 e. The standard InChI is InChI=1S/C26H26ClFN6O3/c1-26(2,3)29-25(36)23(17-8-12-20(28)13-9-17)33(15-21-5-4-14-37-21)22(35)16-34-31-24(30-32-34)18-6-10-19(27)11-7-18/h4-14,23H,15-16H2,1-3H3,(H,29,36)/t23-/m1/s1. The summed E-state index contributed by atoms with van der Waals surface area (Å²) in [5.74, 6) is -0.550. The quantitative estimate of drug-likeness (QED) is 0.366. The summed E-state index contributed by atoms with van der Waals surface area (Å²) in [5.41, 5.74) is 0.552. The number of amides is 2. The van der Waals surface area contributed by atoms with Gasteiger partial charge in [-0.15, -0.1) is 10.2 Å². The number of carbonyl (C=O) groups is 2. The maximum atomic E-state index is 13.7. The van der Waals surface area contributed by atoms with Gasteiger partial charge in [-0.1, -0.05) is 23.7 Å². The van der Waals surface area contributed by atoms with E-state index in [0.717, 1.165) is 4.80 Å². The van der Waals surface area contributed by atoms with Gasteiger partial charge in [-0.2, -0.15) is 4.80 Å². The van der Waals surface area contributed by atoms with Crippen molar-refractivity contribution in [3.63, 3.8) is 0 Å². The molecule has 0 radical (unpaired) electrons. The average Bonchev–Trinajstić information content (AvgIpc) is 3.51. The van der Waals surface area contributed by atoms with Crippen molar-refractivity contribution in [2.75, 3.05) is 0 Å². The summed E-state index contributed by atoms with van der Waals surface area (Å²) in [6.45, 7) is 5.21. The Morgan fingerprint density at radius 3 is 2.43 bits per heavy atom. The first kappa shape index (κ1) is 26.0. The van der Waals surface area contributed by atoms with Crippen LogP contribution in [0.3, 0.4) is 0 Å². The van der Waals surface area contributed by atoms with Crippen LogP contribution in [0.25, 0.3) is 11.4 Å². The van der Waals surface area contributed by atoms with Crippen molar-refractivity contribution < 1.29 is 18.4 Å². The first-order valence-corrected chi connectivity index (χ1v) is 11.9. The van der Waals surface area contributed by atoms with Crippen molar-refractivity contribution in [3.05, 3.63) is 89.1 Å². The molecule has 4 aromatic rings. The number of carbonyl (C=O) groups excluding carboxylic acids is 2. The summed E-state index contributed by atoms with van der Waals surface area (Å²) in [6.07, 6.45) is 1.48. The van der Waals surface area contributed by atoms with E-state index in [-0.39, 0.29) is 13.1 Å². The van der Waals surface area contributed by atoms with Crippen LogP contribution >= 0.6 is 11.6 Å². The van der Waals surface area contributed by atoms with Gasteiger partial charge in [0.05, 0.1) is 12.8 Å². The first-order valence-electron chi connectivity index (χ1n) is 11.5. The first-order chi connectivity index (χ1) is 17.6. The van der Waals surface area contributed by atoms with E-state index in [1.807, 2.05) is 20.8 Å². The summed E-state index contributed by atoms with van der Waals surface area (Å²) in [7, 11) is 0. The van der Waals surface area contributed by atoms with Crippen LogP contribution < -0.4 is 5.32 Å². The minimum absolute atomic E-state index is 0.00974. The fraction of sp³-hybridized carbons (Fsp3) is 0.269. The minimum atomic E-state index is -1.07. The molecule has 0 spiro atoms. The number of benzene rings is 2. The Labute approximate surface area is 218 Å². The highest BCUT2D eigenvalue weighted by molar-refractivity contribution is 6.30. The smallest absolute Gasteiger partial charge is 0.247 e. The predicted octanol–water partition coefficient (Wildman–Crippen LogP) is 4.41. The summed E-state index contributed by atoms with van der Waals surface area (Å²) in [4.78, 5) is 29.7. The van der Waals surface area contributed by atoms with Gasteiger partial charge in [-0.3, -0.25) is 9.59 Å². The monoisotopic (exact) mass is 524 g/mol. The van der Waals surface area contributed by atoms with E-state index < -0.39 is 29.2 Å². The Bertz CT molecular complexity index is 1350. The molecular weight excluding hydrogens is 499 g/mol. The molecule has 192 valence electrons. The lowest BCUT2D eigenvalue weighted by molar-refractivity contribution is -0.143. The van der Waals surface area contributed by atoms with Crippen molar-refractivity contribution in [1.29, 1.82) is 0 Å². The number of furan rings is 1. The number of nitrogens with zero attached hydrogens (tertiary/aromatic N) is 5. The third-order valence-corrected chi connectivity index (χ3v) is 5.55. The van der Waals surface area contributed by atoms with Crippen LogP contribution in [-0.4, -0.2) is 42.5 Å². The molecule has 37 heavy (non-hydrogen) atoms. The second-order valence-corrected chi connectivity index (χ2v) is 9.88. The van der Waals surface area contributed by atoms with Crippen LogP contribution in [0.1, 0.15) is 38.1 Å². The van der Waals surface area contributed by atoms with E-state index in [4.69, 9.17) is 16.0 Å². The van der Waals surface area contributed by atoms with Crippen molar-refractivity contribution in [1.82, 2.24) is 30.4 Å². The fourth-order valence-corrected chi connectivity index (χ4v) is 3.81. The fourth-order valence-electron chi connectivity index (χ4n) is 3.69. The number of tetrazole rings is 1. The van der Waals surface area contributed by atoms with E-state index in [1.165, 1.54) is 35.4 Å². The molecule has 2 amide bonds. The number of aromatic nitrogens is 4. The molecular formula is C26H26ClFN6O3. The molecule has 2 aromatic heterocycles. The normalized spacial score (nSPS) is 12.2. The lowest BCUT2D eigenvalue weighted by Crippen LogP contribution is -2.49. The van der Waals surface area contributed by atoms with Crippen LogP contribution in [-0.2, 0) is 22.7 Å². The molecule has 4 rings (SSSR count). The Kier molecular flexibility index (Phi) is 7.68. The van der Waals surface area contributed by atoms with Gasteiger partial charge in [0.25, 0.3) is 0 Å². The SMILES string of the molecule is CC(C)(C)NC(=O)[C@@H](c1ccc(F)cc1)N(Cc1ccco1)C(=O)Cn1nnc(-c2ccc(Cl)cc2)n1. The number of hydrogen-bond acceptors (Lipinski definition) is 6. The van der Waals surface area contributed by atoms with Crippen molar-refractivity contribution in [2.45, 2.75) is 45.4 Å². The number of rotatable bonds is 8. The summed E-state index contributed by atoms with van der Waals surface area (Å²) < 4.78 is 19.2. The molecule has 9 nitrogen and oxygen atoms in total. The summed E-state index contributed by atoms with van der Waals surface area (Å²) >= 11 is 5.95. The highest BCUT2D eigenvalue weighted by Gasteiger charge is 2.34. The van der Waals surface area contributed by atoms with E-state index in [9.17, 15) is 14.0 Å². The van der Waals surface area contributed by atoms with Crippen molar-refractivity contribution in [2.24, 2.45) is 0 Å². The molecule has 11 heteroatoms. The molecule has 2 aromatic carbocycles. The molecule has 0 aliphatic carbocycles. The third kappa shape index (κ3) is 6.79. The predicted molar refractivity (Wildman–Crippen MR) is 135 cm³/mol. The van der Waals surface area contributed by atoms with Crippen molar-refractivity contribution in [3.8, 4) is 11.4 Å². The Morgan fingerprint density at radius 1 is 1.11 bits per heavy atom. The van der Waals surface area contributed by atoms with Gasteiger partial charge in [-0.25, -0.2) is 4.39 Å². The molecule has 2 heterocycles. The third-order valence-electron chi connectivity index (χ3n) is 5.30. The van der Waals surface area contributed by atoms with Gasteiger partial charge in [0, 0.05) is 16.1 Å². The molecule has 0 unspecified atom stereocenters. The Balaban J connectivity index is 1.66. The Morgan fingerprint density at radius 2 is 1.81 bits per heavy atom. The molecule has 0 saturated heterocycles. The zero-order chi connectivity index (χ0) is 26.6. The molecule has 0 aliphatic rings. The summed E-state index contributed by atoms with van der Waals surface area (Å²) in [6, 6.07) is 14.7. The molecule has 1 N–H and O–H groups in total. The lowest BCUT2D eigenvalue weighted by Gasteiger charge is -2.33. The number of nitrogens with one attached hydrogen (secondary N) is 1. The maximum Gasteiger partial charge on any atom is 0.247 e. The average molecular weight is 525 g/mol. The highest BCUT2D eigenvalue weighted by Crippen LogP contribution is 2.26. The van der Waals surface area contributed by atoms with E-state index in [1.54, 1.807) is 36.4 Å². The molecule has 0 bridgehead atoms. The number of hydrogen-bond donors (Lipinski definition) is 1. The van der Waals surface area contributed by atoms with Gasteiger partial charge in [-0.05, 0) is 80.1 Å². The maximum absolute atomic E-state index is 13.7. The van der Waals surface area contributed by atoms with Gasteiger partial charge < -0.3 is 14.6 Å². The van der Waals surface area contributed by atoms with E-state index in [0.29, 0.717) is 27.7 Å². The molecule has 0 fully saturated rings. The van der Waals surface area contributed by atoms with Gasteiger partial charge in [0.15, 0.2) is 0 Å². The molecule has 0 saturated carbocycles. The van der Waals surface area contributed by atoms with Crippen LogP contribution in [0, 0.1) is 5.82 Å².